The van der Waals surface area contributed by atoms with Gasteiger partial charge in [0.2, 0.25) is 11.8 Å². The van der Waals surface area contributed by atoms with Gasteiger partial charge in [-0.1, -0.05) is 19.9 Å². The summed E-state index contributed by atoms with van der Waals surface area (Å²) in [5.41, 5.74) is 2.49. The summed E-state index contributed by atoms with van der Waals surface area (Å²) in [6.45, 7) is 6.48. The molecule has 0 saturated carbocycles. The monoisotopic (exact) mass is 352 g/mol. The molecule has 3 aliphatic rings. The van der Waals surface area contributed by atoms with Gasteiger partial charge in [-0.05, 0) is 36.8 Å². The molecule has 136 valence electrons. The van der Waals surface area contributed by atoms with Crippen LogP contribution in [0.4, 0.5) is 11.4 Å². The van der Waals surface area contributed by atoms with Crippen LogP contribution in [0.25, 0.3) is 0 Å². The standard InChI is InChI=1S/C17H19BN4O2.C2H6/c19-11-18-5-7-22(8-6-18)12-1-2-13-14(9-12)20-10-17(13)4-3-15(23)21-16(17)24;1-2/h1-2,9,20H,3-8,10H2,(H,21,23,24);1-2H3. The minimum Gasteiger partial charge on any atom is -0.383 e. The van der Waals surface area contributed by atoms with Crippen molar-refractivity contribution in [3.05, 3.63) is 23.8 Å². The van der Waals surface area contributed by atoms with Gasteiger partial charge < -0.3 is 10.2 Å². The average molecular weight is 352 g/mol. The number of imide groups is 1. The van der Waals surface area contributed by atoms with Crippen molar-refractivity contribution < 1.29 is 9.59 Å². The van der Waals surface area contributed by atoms with E-state index in [9.17, 15) is 9.59 Å². The largest absolute Gasteiger partial charge is 0.383 e. The first-order valence-corrected chi connectivity index (χ1v) is 9.50. The van der Waals surface area contributed by atoms with E-state index in [1.165, 1.54) is 0 Å². The number of carbonyl (C=O) groups excluding carboxylic acids is 2. The van der Waals surface area contributed by atoms with Gasteiger partial charge in [0.25, 0.3) is 6.71 Å². The highest BCUT2D eigenvalue weighted by Crippen LogP contribution is 2.43. The van der Waals surface area contributed by atoms with E-state index in [0.717, 1.165) is 42.7 Å². The van der Waals surface area contributed by atoms with Gasteiger partial charge in [-0.2, -0.15) is 0 Å². The lowest BCUT2D eigenvalue weighted by Crippen LogP contribution is -2.52. The summed E-state index contributed by atoms with van der Waals surface area (Å²) in [4.78, 5) is 26.2. The fourth-order valence-electron chi connectivity index (χ4n) is 4.08. The quantitative estimate of drug-likeness (QED) is 0.598. The summed E-state index contributed by atoms with van der Waals surface area (Å²) >= 11 is 0. The van der Waals surface area contributed by atoms with Crippen LogP contribution in [-0.4, -0.2) is 38.2 Å². The maximum absolute atomic E-state index is 12.4. The number of hydrogen-bond donors (Lipinski definition) is 2. The molecule has 2 saturated heterocycles. The molecule has 7 heteroatoms. The van der Waals surface area contributed by atoms with Gasteiger partial charge >= 0.3 is 0 Å². The molecule has 3 aliphatic heterocycles. The Balaban J connectivity index is 0.000000948. The lowest BCUT2D eigenvalue weighted by molar-refractivity contribution is -0.137. The van der Waals surface area contributed by atoms with Gasteiger partial charge in [0.15, 0.2) is 0 Å². The molecular weight excluding hydrogens is 327 g/mol. The van der Waals surface area contributed by atoms with Gasteiger partial charge in [0.05, 0.1) is 5.41 Å². The predicted octanol–water partition coefficient (Wildman–Crippen LogP) is 2.19. The minimum atomic E-state index is -0.616. The Labute approximate surface area is 155 Å². The number of amides is 2. The van der Waals surface area contributed by atoms with Gasteiger partial charge in [-0.25, -0.2) is 5.26 Å². The summed E-state index contributed by atoms with van der Waals surface area (Å²) in [6.07, 6.45) is 2.74. The second kappa shape index (κ2) is 7.41. The molecule has 0 bridgehead atoms. The molecule has 1 unspecified atom stereocenters. The fraction of sp³-hybridized carbons (Fsp3) is 0.526. The molecule has 0 aromatic heterocycles. The van der Waals surface area contributed by atoms with E-state index in [0.29, 0.717) is 19.4 Å². The van der Waals surface area contributed by atoms with Crippen LogP contribution in [0.5, 0.6) is 0 Å². The van der Waals surface area contributed by atoms with Crippen LogP contribution in [0.2, 0.25) is 12.6 Å². The third kappa shape index (κ3) is 3.05. The zero-order valence-electron chi connectivity index (χ0n) is 15.5. The highest BCUT2D eigenvalue weighted by molar-refractivity contribution is 6.67. The number of nitrogens with zero attached hydrogens (tertiary/aromatic N) is 2. The van der Waals surface area contributed by atoms with Crippen LogP contribution in [0.15, 0.2) is 18.2 Å². The van der Waals surface area contributed by atoms with Gasteiger partial charge in [0.1, 0.15) is 0 Å². The SMILES string of the molecule is CC.N#CB1CCN(c2ccc3c(c2)NCC32CCC(=O)NC2=O)CC1. The molecular formula is C19H25BN4O2. The van der Waals surface area contributed by atoms with E-state index in [-0.39, 0.29) is 18.5 Å². The normalized spacial score (nSPS) is 24.2. The molecule has 1 spiro atoms. The van der Waals surface area contributed by atoms with Crippen LogP contribution in [0.1, 0.15) is 32.3 Å². The number of fused-ring (bicyclic) bond motifs is 2. The first-order chi connectivity index (χ1) is 12.6. The summed E-state index contributed by atoms with van der Waals surface area (Å²) in [5.74, 6) is 1.98. The Bertz CT molecular complexity index is 752. The van der Waals surface area contributed by atoms with E-state index < -0.39 is 5.41 Å². The van der Waals surface area contributed by atoms with Gasteiger partial charge in [-0.3, -0.25) is 14.9 Å². The van der Waals surface area contributed by atoms with Crippen LogP contribution >= 0.6 is 0 Å². The van der Waals surface area contributed by atoms with Crippen LogP contribution in [0.3, 0.4) is 0 Å². The van der Waals surface area contributed by atoms with Crippen LogP contribution in [-0.2, 0) is 15.0 Å². The molecule has 2 N–H and O–H groups in total. The molecule has 1 aromatic rings. The van der Waals surface area contributed by atoms with Crippen molar-refractivity contribution in [2.24, 2.45) is 0 Å². The molecule has 3 heterocycles. The molecule has 1 aromatic carbocycles. The first-order valence-electron chi connectivity index (χ1n) is 9.50. The zero-order chi connectivity index (χ0) is 18.7. The molecule has 2 amide bonds. The Morgan fingerprint density at radius 3 is 2.62 bits per heavy atom. The number of hydrogen-bond acceptors (Lipinski definition) is 5. The second-order valence-electron chi connectivity index (χ2n) is 6.93. The topological polar surface area (TPSA) is 85.2 Å². The van der Waals surface area contributed by atoms with Crippen LogP contribution in [0, 0.1) is 11.2 Å². The van der Waals surface area contributed by atoms with E-state index in [1.54, 1.807) is 0 Å². The number of nitrogens with one attached hydrogen (secondary N) is 2. The number of nitriles is 1. The Morgan fingerprint density at radius 1 is 1.23 bits per heavy atom. The molecule has 4 rings (SSSR count). The van der Waals surface area contributed by atoms with Crippen molar-refractivity contribution in [1.82, 2.24) is 5.32 Å². The van der Waals surface area contributed by atoms with Crippen molar-refractivity contribution in [2.45, 2.75) is 44.7 Å². The van der Waals surface area contributed by atoms with E-state index >= 15 is 0 Å². The summed E-state index contributed by atoms with van der Waals surface area (Å²) in [6, 6.07) is 6.18. The van der Waals surface area contributed by atoms with Crippen molar-refractivity contribution in [3.8, 4) is 5.97 Å². The maximum Gasteiger partial charge on any atom is 0.271 e. The van der Waals surface area contributed by atoms with E-state index in [2.05, 4.69) is 33.6 Å². The first kappa shape index (κ1) is 18.3. The molecule has 0 radical (unpaired) electrons. The minimum absolute atomic E-state index is 0.167. The number of benzene rings is 1. The summed E-state index contributed by atoms with van der Waals surface area (Å²) in [7, 11) is 0. The Morgan fingerprint density at radius 2 is 1.96 bits per heavy atom. The Hall–Kier alpha value is -2.49. The predicted molar refractivity (Wildman–Crippen MR) is 104 cm³/mol. The van der Waals surface area contributed by atoms with E-state index in [1.807, 2.05) is 19.9 Å². The van der Waals surface area contributed by atoms with Crippen molar-refractivity contribution in [1.29, 1.82) is 5.26 Å². The molecule has 26 heavy (non-hydrogen) atoms. The lowest BCUT2D eigenvalue weighted by Gasteiger charge is -2.32. The summed E-state index contributed by atoms with van der Waals surface area (Å²) in [5, 5.41) is 14.9. The number of piperidine rings is 1. The highest BCUT2D eigenvalue weighted by Gasteiger charge is 2.48. The zero-order valence-corrected chi connectivity index (χ0v) is 15.5. The molecule has 2 fully saturated rings. The average Bonchev–Trinajstić information content (AvgIpc) is 3.06. The van der Waals surface area contributed by atoms with E-state index in [4.69, 9.17) is 5.26 Å². The number of anilines is 2. The lowest BCUT2D eigenvalue weighted by atomic mass is 9.45. The number of carbonyl (C=O) groups is 2. The van der Waals surface area contributed by atoms with Gasteiger partial charge in [-0.15, -0.1) is 0 Å². The van der Waals surface area contributed by atoms with Crippen molar-refractivity contribution in [2.75, 3.05) is 29.9 Å². The molecule has 0 aliphatic carbocycles. The van der Waals surface area contributed by atoms with Gasteiger partial charge in [0, 0.05) is 43.4 Å². The second-order valence-corrected chi connectivity index (χ2v) is 6.93. The Kier molecular flexibility index (Phi) is 5.22. The number of rotatable bonds is 1. The smallest absolute Gasteiger partial charge is 0.271 e. The third-order valence-corrected chi connectivity index (χ3v) is 5.61. The van der Waals surface area contributed by atoms with Crippen molar-refractivity contribution in [3.63, 3.8) is 0 Å². The fourth-order valence-corrected chi connectivity index (χ4v) is 4.08. The van der Waals surface area contributed by atoms with Crippen LogP contribution < -0.4 is 15.5 Å². The molecule has 6 nitrogen and oxygen atoms in total. The maximum atomic E-state index is 12.4. The highest BCUT2D eigenvalue weighted by atomic mass is 16.2. The third-order valence-electron chi connectivity index (χ3n) is 5.61. The molecule has 1 atom stereocenters. The summed E-state index contributed by atoms with van der Waals surface area (Å²) < 4.78 is 0. The van der Waals surface area contributed by atoms with Crippen molar-refractivity contribution >= 4 is 29.9 Å².